The second kappa shape index (κ2) is 9.74. The highest BCUT2D eigenvalue weighted by Gasteiger charge is 2.25. The molecule has 5 heteroatoms. The van der Waals surface area contributed by atoms with Gasteiger partial charge in [-0.05, 0) is 23.4 Å². The fourth-order valence-corrected chi connectivity index (χ4v) is 4.11. The Morgan fingerprint density at radius 1 is 1.31 bits per heavy atom. The maximum Gasteiger partial charge on any atom is 0.193 e. The van der Waals surface area contributed by atoms with E-state index in [1.165, 1.54) is 10.4 Å². The summed E-state index contributed by atoms with van der Waals surface area (Å²) in [6.07, 6.45) is 1.16. The van der Waals surface area contributed by atoms with Crippen molar-refractivity contribution in [2.24, 2.45) is 10.9 Å². The van der Waals surface area contributed by atoms with Crippen LogP contribution in [0.2, 0.25) is 0 Å². The van der Waals surface area contributed by atoms with Crippen LogP contribution in [-0.2, 0) is 11.3 Å². The van der Waals surface area contributed by atoms with Crippen LogP contribution in [0.1, 0.15) is 29.7 Å². The molecule has 1 saturated heterocycles. The molecule has 26 heavy (non-hydrogen) atoms. The van der Waals surface area contributed by atoms with Crippen molar-refractivity contribution in [2.75, 3.05) is 33.3 Å². The predicted molar refractivity (Wildman–Crippen MR) is 110 cm³/mol. The summed E-state index contributed by atoms with van der Waals surface area (Å²) in [5.74, 6) is 2.09. The fourth-order valence-electron chi connectivity index (χ4n) is 3.33. The van der Waals surface area contributed by atoms with E-state index in [9.17, 15) is 0 Å². The summed E-state index contributed by atoms with van der Waals surface area (Å²) in [4.78, 5) is 8.26. The maximum absolute atomic E-state index is 5.93. The van der Waals surface area contributed by atoms with E-state index >= 15 is 0 Å². The Hall–Kier alpha value is -1.85. The summed E-state index contributed by atoms with van der Waals surface area (Å²) < 4.78 is 5.93. The average Bonchev–Trinajstić information content (AvgIpc) is 3.35. The second-order valence-corrected chi connectivity index (χ2v) is 7.93. The lowest BCUT2D eigenvalue weighted by atomic mass is 10.1. The zero-order chi connectivity index (χ0) is 18.2. The second-order valence-electron chi connectivity index (χ2n) is 6.95. The van der Waals surface area contributed by atoms with Crippen molar-refractivity contribution < 1.29 is 4.74 Å². The van der Waals surface area contributed by atoms with E-state index in [0.717, 1.165) is 38.6 Å². The number of ether oxygens (including phenoxy) is 1. The zero-order valence-corrected chi connectivity index (χ0v) is 16.5. The summed E-state index contributed by atoms with van der Waals surface area (Å²) in [5.41, 5.74) is 1.24. The largest absolute Gasteiger partial charge is 0.376 e. The summed E-state index contributed by atoms with van der Waals surface area (Å²) >= 11 is 1.82. The Kier molecular flexibility index (Phi) is 7.09. The molecule has 0 amide bonds. The Morgan fingerprint density at radius 3 is 2.88 bits per heavy atom. The Morgan fingerprint density at radius 2 is 2.15 bits per heavy atom. The predicted octanol–water partition coefficient (Wildman–Crippen LogP) is 3.97. The van der Waals surface area contributed by atoms with Crippen molar-refractivity contribution in [2.45, 2.75) is 25.9 Å². The minimum atomic E-state index is 0.499. The molecule has 2 aromatic rings. The third-order valence-corrected chi connectivity index (χ3v) is 5.96. The molecular weight excluding hydrogens is 342 g/mol. The lowest BCUT2D eigenvalue weighted by molar-refractivity contribution is 0.0906. The molecule has 1 aliphatic heterocycles. The van der Waals surface area contributed by atoms with E-state index in [0.29, 0.717) is 18.4 Å². The van der Waals surface area contributed by atoms with Gasteiger partial charge in [0.25, 0.3) is 0 Å². The van der Waals surface area contributed by atoms with Gasteiger partial charge in [-0.1, -0.05) is 43.3 Å². The monoisotopic (exact) mass is 371 g/mol. The lowest BCUT2D eigenvalue weighted by Gasteiger charge is -2.23. The van der Waals surface area contributed by atoms with E-state index in [2.05, 4.69) is 63.9 Å². The number of likely N-dealkylation sites (tertiary alicyclic amines) is 1. The molecule has 1 N–H and O–H groups in total. The Labute approximate surface area is 160 Å². The van der Waals surface area contributed by atoms with Crippen LogP contribution in [0, 0.1) is 5.92 Å². The van der Waals surface area contributed by atoms with Gasteiger partial charge in [0.05, 0.1) is 13.2 Å². The molecule has 2 atom stereocenters. The number of hydrogen-bond acceptors (Lipinski definition) is 3. The molecule has 1 aromatic heterocycles. The smallest absolute Gasteiger partial charge is 0.193 e. The van der Waals surface area contributed by atoms with Crippen molar-refractivity contribution in [1.82, 2.24) is 10.2 Å². The van der Waals surface area contributed by atoms with Crippen molar-refractivity contribution >= 4 is 17.3 Å². The summed E-state index contributed by atoms with van der Waals surface area (Å²) in [7, 11) is 1.87. The van der Waals surface area contributed by atoms with E-state index in [4.69, 9.17) is 4.74 Å². The summed E-state index contributed by atoms with van der Waals surface area (Å²) in [6, 6.07) is 14.7. The summed E-state index contributed by atoms with van der Waals surface area (Å²) in [5, 5.41) is 5.68. The van der Waals surface area contributed by atoms with Gasteiger partial charge in [0, 0.05) is 43.4 Å². The van der Waals surface area contributed by atoms with Gasteiger partial charge in [0.2, 0.25) is 0 Å². The average molecular weight is 372 g/mol. The first-order chi connectivity index (χ1) is 12.8. The molecule has 4 nitrogen and oxygen atoms in total. The van der Waals surface area contributed by atoms with Gasteiger partial charge in [-0.25, -0.2) is 0 Å². The zero-order valence-electron chi connectivity index (χ0n) is 15.7. The number of guanidine groups is 1. The number of nitrogens with zero attached hydrogens (tertiary/aromatic N) is 2. The van der Waals surface area contributed by atoms with Gasteiger partial charge in [-0.3, -0.25) is 4.99 Å². The first-order valence-electron chi connectivity index (χ1n) is 9.37. The third-order valence-electron chi connectivity index (χ3n) is 4.86. The van der Waals surface area contributed by atoms with Gasteiger partial charge in [0.1, 0.15) is 0 Å². The fraction of sp³-hybridized carbons (Fsp3) is 0.476. The first-order valence-corrected chi connectivity index (χ1v) is 10.2. The standard InChI is InChI=1S/C21H29N3OS/c1-17(20-9-6-12-26-20)13-23-21(22-2)24-11-10-19(14-24)16-25-15-18-7-4-3-5-8-18/h3-9,12,17,19H,10-11,13-16H2,1-2H3,(H,22,23). The highest BCUT2D eigenvalue weighted by molar-refractivity contribution is 7.10. The van der Waals surface area contributed by atoms with Gasteiger partial charge < -0.3 is 15.0 Å². The van der Waals surface area contributed by atoms with E-state index in [1.54, 1.807) is 0 Å². The topological polar surface area (TPSA) is 36.9 Å². The van der Waals surface area contributed by atoms with Crippen molar-refractivity contribution in [3.05, 3.63) is 58.3 Å². The Balaban J connectivity index is 1.40. The molecular formula is C21H29N3OS. The molecule has 0 saturated carbocycles. The molecule has 2 unspecified atom stereocenters. The first kappa shape index (κ1) is 18.9. The molecule has 0 aliphatic carbocycles. The van der Waals surface area contributed by atoms with Crippen LogP contribution in [0.4, 0.5) is 0 Å². The molecule has 1 aliphatic rings. The van der Waals surface area contributed by atoms with E-state index in [1.807, 2.05) is 24.5 Å². The van der Waals surface area contributed by atoms with Crippen LogP contribution in [0.5, 0.6) is 0 Å². The number of rotatable bonds is 7. The number of benzene rings is 1. The third kappa shape index (κ3) is 5.32. The van der Waals surface area contributed by atoms with Gasteiger partial charge >= 0.3 is 0 Å². The summed E-state index contributed by atoms with van der Waals surface area (Å²) in [6.45, 7) is 6.75. The molecule has 2 heterocycles. The number of thiophene rings is 1. The minimum Gasteiger partial charge on any atom is -0.376 e. The maximum atomic E-state index is 5.93. The van der Waals surface area contributed by atoms with Crippen molar-refractivity contribution in [3.8, 4) is 0 Å². The molecule has 1 fully saturated rings. The normalized spacial score (nSPS) is 18.9. The van der Waals surface area contributed by atoms with Crippen LogP contribution in [0.25, 0.3) is 0 Å². The van der Waals surface area contributed by atoms with Crippen LogP contribution >= 0.6 is 11.3 Å². The van der Waals surface area contributed by atoms with Crippen LogP contribution in [0.15, 0.2) is 52.8 Å². The minimum absolute atomic E-state index is 0.499. The van der Waals surface area contributed by atoms with Crippen molar-refractivity contribution in [1.29, 1.82) is 0 Å². The number of nitrogens with one attached hydrogen (secondary N) is 1. The number of aliphatic imine (C=N–C) groups is 1. The van der Waals surface area contributed by atoms with E-state index in [-0.39, 0.29) is 0 Å². The van der Waals surface area contributed by atoms with Crippen molar-refractivity contribution in [3.63, 3.8) is 0 Å². The number of hydrogen-bond donors (Lipinski definition) is 1. The molecule has 0 bridgehead atoms. The highest BCUT2D eigenvalue weighted by atomic mass is 32.1. The molecule has 0 radical (unpaired) electrons. The van der Waals surface area contributed by atoms with Crippen LogP contribution < -0.4 is 5.32 Å². The molecule has 3 rings (SSSR count). The molecule has 1 aromatic carbocycles. The highest BCUT2D eigenvalue weighted by Crippen LogP contribution is 2.21. The van der Waals surface area contributed by atoms with E-state index < -0.39 is 0 Å². The van der Waals surface area contributed by atoms with Gasteiger partial charge in [-0.2, -0.15) is 0 Å². The quantitative estimate of drug-likeness (QED) is 0.591. The van der Waals surface area contributed by atoms with Crippen LogP contribution in [-0.4, -0.2) is 44.1 Å². The van der Waals surface area contributed by atoms with Gasteiger partial charge in [-0.15, -0.1) is 11.3 Å². The SMILES string of the molecule is CN=C(NCC(C)c1cccs1)N1CCC(COCc2ccccc2)C1. The molecule has 140 valence electrons. The van der Waals surface area contributed by atoms with Gasteiger partial charge in [0.15, 0.2) is 5.96 Å². The Bertz CT molecular complexity index is 672. The van der Waals surface area contributed by atoms with Crippen LogP contribution in [0.3, 0.4) is 0 Å². The lowest BCUT2D eigenvalue weighted by Crippen LogP contribution is -2.41. The molecule has 0 spiro atoms.